The van der Waals surface area contributed by atoms with Gasteiger partial charge in [-0.3, -0.25) is 4.79 Å². The molecule has 1 atom stereocenters. The number of aryl methyl sites for hydroxylation is 2. The zero-order valence-electron chi connectivity index (χ0n) is 13.4. The molecule has 0 amide bonds. The van der Waals surface area contributed by atoms with Gasteiger partial charge in [0.05, 0.1) is 6.04 Å². The first-order chi connectivity index (χ1) is 9.78. The maximum absolute atomic E-state index is 12.4. The number of ketones is 1. The fourth-order valence-electron chi connectivity index (χ4n) is 3.39. The Morgan fingerprint density at radius 3 is 2.67 bits per heavy atom. The van der Waals surface area contributed by atoms with Crippen molar-refractivity contribution in [3.8, 4) is 0 Å². The van der Waals surface area contributed by atoms with E-state index in [9.17, 15) is 4.79 Å². The number of carbonyl (C=O) groups excluding carboxylic acids is 1. The maximum Gasteiger partial charge on any atom is 0.165 e. The number of thiazole rings is 1. The van der Waals surface area contributed by atoms with Gasteiger partial charge < -0.3 is 4.57 Å². The Labute approximate surface area is 130 Å². The van der Waals surface area contributed by atoms with Gasteiger partial charge in [-0.25, -0.2) is 4.98 Å². The first kappa shape index (κ1) is 14.5. The Balaban J connectivity index is 2.10. The van der Waals surface area contributed by atoms with Crippen LogP contribution in [0.5, 0.6) is 0 Å². The molecule has 0 saturated carbocycles. The van der Waals surface area contributed by atoms with Crippen LogP contribution in [0.3, 0.4) is 0 Å². The molecule has 1 aliphatic rings. The van der Waals surface area contributed by atoms with Gasteiger partial charge in [0, 0.05) is 34.4 Å². The third kappa shape index (κ3) is 2.46. The van der Waals surface area contributed by atoms with Crippen molar-refractivity contribution in [3.05, 3.63) is 39.1 Å². The lowest BCUT2D eigenvalue weighted by Crippen LogP contribution is -2.28. The molecule has 1 unspecified atom stereocenters. The van der Waals surface area contributed by atoms with Crippen molar-refractivity contribution in [2.45, 2.75) is 53.5 Å². The molecule has 3 nitrogen and oxygen atoms in total. The molecule has 112 valence electrons. The van der Waals surface area contributed by atoms with E-state index >= 15 is 0 Å². The summed E-state index contributed by atoms with van der Waals surface area (Å²) in [6.07, 6.45) is 3.53. The van der Waals surface area contributed by atoms with Crippen molar-refractivity contribution in [1.82, 2.24) is 9.55 Å². The second kappa shape index (κ2) is 4.80. The predicted molar refractivity (Wildman–Crippen MR) is 86.3 cm³/mol. The van der Waals surface area contributed by atoms with Crippen LogP contribution in [0.4, 0.5) is 0 Å². The van der Waals surface area contributed by atoms with Crippen LogP contribution in [0.15, 0.2) is 12.3 Å². The average molecular weight is 302 g/mol. The molecule has 0 saturated heterocycles. The fraction of sp³-hybridized carbons (Fsp3) is 0.529. The van der Waals surface area contributed by atoms with E-state index in [1.807, 2.05) is 6.20 Å². The molecule has 2 aromatic rings. The number of aromatic nitrogens is 2. The van der Waals surface area contributed by atoms with Gasteiger partial charge in [0.15, 0.2) is 5.78 Å². The monoisotopic (exact) mass is 302 g/mol. The van der Waals surface area contributed by atoms with E-state index in [1.54, 1.807) is 11.3 Å². The van der Waals surface area contributed by atoms with Crippen LogP contribution < -0.4 is 0 Å². The normalized spacial score (nSPS) is 18.6. The first-order valence-electron chi connectivity index (χ1n) is 7.45. The molecule has 0 bridgehead atoms. The zero-order chi connectivity index (χ0) is 15.4. The van der Waals surface area contributed by atoms with E-state index in [2.05, 4.69) is 50.2 Å². The van der Waals surface area contributed by atoms with Gasteiger partial charge in [0.2, 0.25) is 0 Å². The summed E-state index contributed by atoms with van der Waals surface area (Å²) in [7, 11) is 0. The van der Waals surface area contributed by atoms with E-state index in [-0.39, 0.29) is 17.2 Å². The van der Waals surface area contributed by atoms with Crippen LogP contribution in [0.2, 0.25) is 0 Å². The van der Waals surface area contributed by atoms with Crippen LogP contribution in [-0.4, -0.2) is 15.3 Å². The Hall–Kier alpha value is -1.42. The first-order valence-corrected chi connectivity index (χ1v) is 8.26. The second-order valence-corrected chi connectivity index (χ2v) is 8.21. The van der Waals surface area contributed by atoms with E-state index in [0.29, 0.717) is 6.42 Å². The minimum absolute atomic E-state index is 0.0468. The largest absolute Gasteiger partial charge is 0.339 e. The van der Waals surface area contributed by atoms with Crippen LogP contribution in [0, 0.1) is 19.3 Å². The van der Waals surface area contributed by atoms with Gasteiger partial charge in [-0.15, -0.1) is 11.3 Å². The lowest BCUT2D eigenvalue weighted by atomic mass is 9.76. The third-order valence-corrected chi connectivity index (χ3v) is 5.39. The van der Waals surface area contributed by atoms with Crippen molar-refractivity contribution >= 4 is 17.1 Å². The van der Waals surface area contributed by atoms with Gasteiger partial charge in [-0.2, -0.15) is 0 Å². The smallest absolute Gasteiger partial charge is 0.165 e. The van der Waals surface area contributed by atoms with Gasteiger partial charge in [-0.05, 0) is 38.7 Å². The summed E-state index contributed by atoms with van der Waals surface area (Å²) in [5, 5.41) is 1.12. The molecule has 0 spiro atoms. The molecule has 0 N–H and O–H groups in total. The molecule has 0 aromatic carbocycles. The van der Waals surface area contributed by atoms with Crippen molar-refractivity contribution < 1.29 is 4.79 Å². The SMILES string of the molecule is Cc1cnc(C(C)n2c(C)cc3c2CC(C)(C)CC3=O)s1. The van der Waals surface area contributed by atoms with Gasteiger partial charge in [0.1, 0.15) is 5.01 Å². The topological polar surface area (TPSA) is 34.9 Å². The highest BCUT2D eigenvalue weighted by Crippen LogP contribution is 2.38. The minimum atomic E-state index is 0.0468. The number of carbonyl (C=O) groups is 1. The molecule has 0 fully saturated rings. The van der Waals surface area contributed by atoms with Crippen molar-refractivity contribution in [2.75, 3.05) is 0 Å². The minimum Gasteiger partial charge on any atom is -0.339 e. The van der Waals surface area contributed by atoms with Gasteiger partial charge >= 0.3 is 0 Å². The number of fused-ring (bicyclic) bond motifs is 1. The van der Waals surface area contributed by atoms with E-state index in [4.69, 9.17) is 0 Å². The number of rotatable bonds is 2. The fourth-order valence-corrected chi connectivity index (χ4v) is 4.20. The molecular weight excluding hydrogens is 280 g/mol. The summed E-state index contributed by atoms with van der Waals surface area (Å²) in [6, 6.07) is 2.25. The predicted octanol–water partition coefficient (Wildman–Crippen LogP) is 4.33. The average Bonchev–Trinajstić information content (AvgIpc) is 2.91. The Kier molecular flexibility index (Phi) is 3.32. The van der Waals surface area contributed by atoms with E-state index in [1.165, 1.54) is 10.6 Å². The molecule has 4 heteroatoms. The molecule has 2 aromatic heterocycles. The Bertz CT molecular complexity index is 708. The van der Waals surface area contributed by atoms with E-state index < -0.39 is 0 Å². The van der Waals surface area contributed by atoms with Crippen LogP contribution in [-0.2, 0) is 6.42 Å². The maximum atomic E-state index is 12.4. The Morgan fingerprint density at radius 1 is 1.33 bits per heavy atom. The molecule has 3 rings (SSSR count). The van der Waals surface area contributed by atoms with Gasteiger partial charge in [0.25, 0.3) is 0 Å². The quantitative estimate of drug-likeness (QED) is 0.827. The lowest BCUT2D eigenvalue weighted by molar-refractivity contribution is 0.0909. The summed E-state index contributed by atoms with van der Waals surface area (Å²) in [5.74, 6) is 0.283. The third-order valence-electron chi connectivity index (χ3n) is 4.30. The standard InChI is InChI=1S/C17H22N2OS/c1-10-6-13-14(7-17(4,5)8-15(13)20)19(10)12(3)16-18-9-11(2)21-16/h6,9,12H,7-8H2,1-5H3. The molecule has 21 heavy (non-hydrogen) atoms. The summed E-state index contributed by atoms with van der Waals surface area (Å²) < 4.78 is 2.31. The van der Waals surface area contributed by atoms with Crippen LogP contribution >= 0.6 is 11.3 Å². The van der Waals surface area contributed by atoms with Crippen molar-refractivity contribution in [3.63, 3.8) is 0 Å². The highest BCUT2D eigenvalue weighted by atomic mass is 32.1. The molecule has 1 aliphatic carbocycles. The second-order valence-electron chi connectivity index (χ2n) is 6.94. The number of hydrogen-bond acceptors (Lipinski definition) is 3. The van der Waals surface area contributed by atoms with Crippen molar-refractivity contribution in [2.24, 2.45) is 5.41 Å². The lowest BCUT2D eigenvalue weighted by Gasteiger charge is -2.31. The molecule has 0 aliphatic heterocycles. The zero-order valence-corrected chi connectivity index (χ0v) is 14.2. The summed E-state index contributed by atoms with van der Waals surface area (Å²) in [6.45, 7) is 10.7. The highest BCUT2D eigenvalue weighted by Gasteiger charge is 2.35. The summed E-state index contributed by atoms with van der Waals surface area (Å²) in [5.41, 5.74) is 3.32. The molecular formula is C17H22N2OS. The number of hydrogen-bond donors (Lipinski definition) is 0. The number of Topliss-reactive ketones (excluding diaryl/α,β-unsaturated/α-hetero) is 1. The highest BCUT2D eigenvalue weighted by molar-refractivity contribution is 7.11. The Morgan fingerprint density at radius 2 is 2.05 bits per heavy atom. The van der Waals surface area contributed by atoms with Crippen LogP contribution in [0.25, 0.3) is 0 Å². The number of nitrogens with zero attached hydrogens (tertiary/aromatic N) is 2. The molecule has 0 radical (unpaired) electrons. The summed E-state index contributed by atoms with van der Waals surface area (Å²) >= 11 is 1.74. The van der Waals surface area contributed by atoms with Crippen molar-refractivity contribution in [1.29, 1.82) is 0 Å². The van der Waals surface area contributed by atoms with Crippen LogP contribution in [0.1, 0.15) is 64.9 Å². The van der Waals surface area contributed by atoms with Gasteiger partial charge in [-0.1, -0.05) is 13.8 Å². The molecule has 2 heterocycles. The summed E-state index contributed by atoms with van der Waals surface area (Å²) in [4.78, 5) is 18.2. The van der Waals surface area contributed by atoms with E-state index in [0.717, 1.165) is 22.7 Å².